The fourth-order valence-corrected chi connectivity index (χ4v) is 3.62. The molecule has 0 spiro atoms. The summed E-state index contributed by atoms with van der Waals surface area (Å²) in [7, 11) is -0.165. The molecule has 1 amide bonds. The molecule has 6 nitrogen and oxygen atoms in total. The van der Waals surface area contributed by atoms with Gasteiger partial charge in [0.15, 0.2) is 9.84 Å². The molecular weight excluding hydrogens is 314 g/mol. The maximum Gasteiger partial charge on any atom is 0.243 e. The molecule has 0 N–H and O–H groups in total. The third-order valence-corrected chi connectivity index (χ3v) is 5.22. The van der Waals surface area contributed by atoms with Crippen molar-refractivity contribution in [3.63, 3.8) is 0 Å². The van der Waals surface area contributed by atoms with E-state index in [2.05, 4.69) is 5.10 Å². The van der Waals surface area contributed by atoms with Crippen LogP contribution in [0.4, 0.5) is 5.82 Å². The van der Waals surface area contributed by atoms with Crippen LogP contribution in [0.1, 0.15) is 12.0 Å². The van der Waals surface area contributed by atoms with E-state index < -0.39 is 21.5 Å². The fraction of sp³-hybridized carbons (Fsp3) is 0.375. The molecule has 1 aromatic heterocycles. The molecule has 0 bridgehead atoms. The molecule has 7 heteroatoms. The summed E-state index contributed by atoms with van der Waals surface area (Å²) in [6.45, 7) is 0. The van der Waals surface area contributed by atoms with E-state index in [1.165, 1.54) is 9.58 Å². The number of benzene rings is 1. The highest BCUT2D eigenvalue weighted by atomic mass is 32.2. The number of aryl methyl sites for hydroxylation is 2. The van der Waals surface area contributed by atoms with Gasteiger partial charge in [-0.2, -0.15) is 5.10 Å². The van der Waals surface area contributed by atoms with Gasteiger partial charge in [-0.15, -0.1) is 0 Å². The average Bonchev–Trinajstić information content (AvgIpc) is 2.93. The highest BCUT2D eigenvalue weighted by Crippen LogP contribution is 2.11. The van der Waals surface area contributed by atoms with Crippen LogP contribution >= 0.6 is 0 Å². The molecule has 0 aliphatic heterocycles. The molecule has 0 fully saturated rings. The van der Waals surface area contributed by atoms with Crippen molar-refractivity contribution in [2.75, 3.05) is 23.5 Å². The van der Waals surface area contributed by atoms with Gasteiger partial charge in [0.05, 0.1) is 11.9 Å². The molecule has 0 saturated heterocycles. The predicted octanol–water partition coefficient (Wildman–Crippen LogP) is 1.43. The van der Waals surface area contributed by atoms with Gasteiger partial charge >= 0.3 is 0 Å². The molecule has 0 aliphatic carbocycles. The standard InChI is InChI=1S/C16H21N3O3S/c1-18(15-10-11-17-19(15)2)16(20)13-23(21,22)12-6-9-14-7-4-3-5-8-14/h3-5,7-8,10-11H,6,9,12-13H2,1-2H3. The quantitative estimate of drug-likeness (QED) is 0.767. The van der Waals surface area contributed by atoms with Crippen molar-refractivity contribution in [2.45, 2.75) is 12.8 Å². The summed E-state index contributed by atoms with van der Waals surface area (Å²) in [6.07, 6.45) is 2.76. The van der Waals surface area contributed by atoms with Gasteiger partial charge in [-0.25, -0.2) is 8.42 Å². The van der Waals surface area contributed by atoms with E-state index in [1.807, 2.05) is 30.3 Å². The van der Waals surface area contributed by atoms with E-state index in [1.54, 1.807) is 26.4 Å². The predicted molar refractivity (Wildman–Crippen MR) is 90.0 cm³/mol. The molecule has 0 saturated carbocycles. The normalized spacial score (nSPS) is 11.4. The third-order valence-electron chi connectivity index (χ3n) is 3.62. The topological polar surface area (TPSA) is 72.3 Å². The minimum Gasteiger partial charge on any atom is -0.299 e. The first-order valence-electron chi connectivity index (χ1n) is 7.38. The van der Waals surface area contributed by atoms with Crippen LogP contribution in [-0.2, 0) is 28.1 Å². The van der Waals surface area contributed by atoms with Gasteiger partial charge in [0.1, 0.15) is 11.6 Å². The van der Waals surface area contributed by atoms with Crippen molar-refractivity contribution in [3.05, 3.63) is 48.2 Å². The summed E-state index contributed by atoms with van der Waals surface area (Å²) < 4.78 is 25.8. The second-order valence-corrected chi connectivity index (χ2v) is 7.63. The lowest BCUT2D eigenvalue weighted by Gasteiger charge is -2.17. The van der Waals surface area contributed by atoms with Gasteiger partial charge in [-0.05, 0) is 18.4 Å². The Hall–Kier alpha value is -2.15. The number of hydrogen-bond acceptors (Lipinski definition) is 4. The van der Waals surface area contributed by atoms with Crippen LogP contribution in [0.25, 0.3) is 0 Å². The fourth-order valence-electron chi connectivity index (χ4n) is 2.32. The van der Waals surface area contributed by atoms with Crippen molar-refractivity contribution in [1.29, 1.82) is 0 Å². The van der Waals surface area contributed by atoms with Gasteiger partial charge in [-0.1, -0.05) is 30.3 Å². The Morgan fingerprint density at radius 2 is 1.91 bits per heavy atom. The summed E-state index contributed by atoms with van der Waals surface area (Å²) in [5, 5.41) is 3.97. The van der Waals surface area contributed by atoms with E-state index >= 15 is 0 Å². The molecule has 1 aromatic carbocycles. The van der Waals surface area contributed by atoms with Crippen LogP contribution in [0.5, 0.6) is 0 Å². The van der Waals surface area contributed by atoms with E-state index in [4.69, 9.17) is 0 Å². The molecule has 0 radical (unpaired) electrons. The van der Waals surface area contributed by atoms with Crippen LogP contribution in [0.2, 0.25) is 0 Å². The number of rotatable bonds is 7. The Morgan fingerprint density at radius 3 is 2.52 bits per heavy atom. The first-order valence-corrected chi connectivity index (χ1v) is 9.20. The van der Waals surface area contributed by atoms with E-state index in [0.29, 0.717) is 18.7 Å². The van der Waals surface area contributed by atoms with Gasteiger partial charge in [0, 0.05) is 20.2 Å². The van der Waals surface area contributed by atoms with E-state index in [0.717, 1.165) is 5.56 Å². The zero-order valence-corrected chi connectivity index (χ0v) is 14.2. The van der Waals surface area contributed by atoms with Gasteiger partial charge in [-0.3, -0.25) is 14.4 Å². The third kappa shape index (κ3) is 4.92. The molecule has 0 aliphatic rings. The first kappa shape index (κ1) is 17.2. The van der Waals surface area contributed by atoms with E-state index in [9.17, 15) is 13.2 Å². The van der Waals surface area contributed by atoms with Crippen LogP contribution in [0, 0.1) is 0 Å². The number of sulfone groups is 1. The van der Waals surface area contributed by atoms with Crippen molar-refractivity contribution in [3.8, 4) is 0 Å². The Labute approximate surface area is 136 Å². The Kier molecular flexibility index (Phi) is 5.54. The number of anilines is 1. The molecule has 1 heterocycles. The minimum absolute atomic E-state index is 0.00681. The number of amides is 1. The van der Waals surface area contributed by atoms with Gasteiger partial charge in [0.25, 0.3) is 0 Å². The van der Waals surface area contributed by atoms with Crippen molar-refractivity contribution < 1.29 is 13.2 Å². The first-order chi connectivity index (χ1) is 10.9. The minimum atomic E-state index is -3.42. The summed E-state index contributed by atoms with van der Waals surface area (Å²) in [6, 6.07) is 11.4. The number of hydrogen-bond donors (Lipinski definition) is 0. The van der Waals surface area contributed by atoms with Crippen molar-refractivity contribution >= 4 is 21.6 Å². The Balaban J connectivity index is 1.88. The van der Waals surface area contributed by atoms with Gasteiger partial charge in [0.2, 0.25) is 5.91 Å². The van der Waals surface area contributed by atoms with Crippen LogP contribution < -0.4 is 4.90 Å². The van der Waals surface area contributed by atoms with Crippen molar-refractivity contribution in [1.82, 2.24) is 9.78 Å². The lowest BCUT2D eigenvalue weighted by molar-refractivity contribution is -0.116. The maximum atomic E-state index is 12.1. The lowest BCUT2D eigenvalue weighted by Crippen LogP contribution is -2.34. The number of nitrogens with zero attached hydrogens (tertiary/aromatic N) is 3. The molecule has 0 atom stereocenters. The van der Waals surface area contributed by atoms with Gasteiger partial charge < -0.3 is 0 Å². The number of carbonyl (C=O) groups is 1. The number of carbonyl (C=O) groups excluding carboxylic acids is 1. The second-order valence-electron chi connectivity index (χ2n) is 5.45. The second kappa shape index (κ2) is 7.41. The molecular formula is C16H21N3O3S. The van der Waals surface area contributed by atoms with Crippen LogP contribution in [-0.4, -0.2) is 42.7 Å². The summed E-state index contributed by atoms with van der Waals surface area (Å²) in [5.41, 5.74) is 1.10. The molecule has 124 valence electrons. The number of aromatic nitrogens is 2. The van der Waals surface area contributed by atoms with Crippen LogP contribution in [0.3, 0.4) is 0 Å². The van der Waals surface area contributed by atoms with Crippen molar-refractivity contribution in [2.24, 2.45) is 7.05 Å². The highest BCUT2D eigenvalue weighted by molar-refractivity contribution is 7.92. The SMILES string of the molecule is CN(C(=O)CS(=O)(=O)CCCc1ccccc1)c1ccnn1C. The maximum absolute atomic E-state index is 12.1. The Bertz CT molecular complexity index is 754. The summed E-state index contributed by atoms with van der Waals surface area (Å²) in [4.78, 5) is 13.5. The summed E-state index contributed by atoms with van der Waals surface area (Å²) >= 11 is 0. The largest absolute Gasteiger partial charge is 0.299 e. The monoisotopic (exact) mass is 335 g/mol. The molecule has 0 unspecified atom stereocenters. The zero-order chi connectivity index (χ0) is 16.9. The lowest BCUT2D eigenvalue weighted by atomic mass is 10.1. The van der Waals surface area contributed by atoms with Crippen LogP contribution in [0.15, 0.2) is 42.6 Å². The molecule has 23 heavy (non-hydrogen) atoms. The zero-order valence-electron chi connectivity index (χ0n) is 13.3. The smallest absolute Gasteiger partial charge is 0.243 e. The molecule has 2 rings (SSSR count). The highest BCUT2D eigenvalue weighted by Gasteiger charge is 2.21. The molecule has 2 aromatic rings. The van der Waals surface area contributed by atoms with E-state index in [-0.39, 0.29) is 5.75 Å². The summed E-state index contributed by atoms with van der Waals surface area (Å²) in [5.74, 6) is -0.362. The average molecular weight is 335 g/mol. The Morgan fingerprint density at radius 1 is 1.22 bits per heavy atom.